The number of halogens is 1. The number of benzene rings is 1. The van der Waals surface area contributed by atoms with Crippen LogP contribution >= 0.6 is 11.6 Å². The molecule has 0 spiro atoms. The molecule has 1 N–H and O–H groups in total. The van der Waals surface area contributed by atoms with E-state index in [0.717, 1.165) is 5.56 Å². The third-order valence-electron chi connectivity index (χ3n) is 3.23. The van der Waals surface area contributed by atoms with Crippen molar-refractivity contribution in [2.24, 2.45) is 0 Å². The molecule has 0 bridgehead atoms. The van der Waals surface area contributed by atoms with Crippen molar-refractivity contribution >= 4 is 17.5 Å². The van der Waals surface area contributed by atoms with Gasteiger partial charge in [-0.05, 0) is 26.0 Å². The number of nitrogens with one attached hydrogen (secondary N) is 1. The van der Waals surface area contributed by atoms with Crippen molar-refractivity contribution in [3.63, 3.8) is 0 Å². The summed E-state index contributed by atoms with van der Waals surface area (Å²) in [5, 5.41) is 3.96. The lowest BCUT2D eigenvalue weighted by molar-refractivity contribution is -0.132. The van der Waals surface area contributed by atoms with Crippen molar-refractivity contribution in [2.75, 3.05) is 19.7 Å². The van der Waals surface area contributed by atoms with E-state index >= 15 is 0 Å². The van der Waals surface area contributed by atoms with E-state index in [1.165, 1.54) is 0 Å². The van der Waals surface area contributed by atoms with Crippen molar-refractivity contribution in [3.8, 4) is 5.75 Å². The van der Waals surface area contributed by atoms with E-state index in [1.807, 2.05) is 32.0 Å². The minimum atomic E-state index is -0.0113. The van der Waals surface area contributed by atoms with E-state index in [9.17, 15) is 4.79 Å². The fourth-order valence-corrected chi connectivity index (χ4v) is 2.19. The first-order chi connectivity index (χ1) is 9.99. The summed E-state index contributed by atoms with van der Waals surface area (Å²) in [4.78, 5) is 13.7. The molecule has 1 aromatic rings. The van der Waals surface area contributed by atoms with E-state index in [2.05, 4.69) is 19.2 Å². The van der Waals surface area contributed by atoms with Crippen molar-refractivity contribution in [1.29, 1.82) is 0 Å². The van der Waals surface area contributed by atoms with Crippen LogP contribution in [0.1, 0.15) is 33.3 Å². The summed E-state index contributed by atoms with van der Waals surface area (Å²) in [6.07, 6.45) is 0. The normalized spacial score (nSPS) is 10.8. The number of rotatable bonds is 8. The molecule has 0 aliphatic rings. The van der Waals surface area contributed by atoms with Gasteiger partial charge < -0.3 is 15.0 Å². The largest absolute Gasteiger partial charge is 0.483 e. The highest BCUT2D eigenvalue weighted by Crippen LogP contribution is 2.26. The zero-order valence-electron chi connectivity index (χ0n) is 13.3. The summed E-state index contributed by atoms with van der Waals surface area (Å²) in [5.41, 5.74) is 0.889. The van der Waals surface area contributed by atoms with Crippen LogP contribution in [-0.4, -0.2) is 36.5 Å². The number of likely N-dealkylation sites (N-methyl/N-ethyl adjacent to an activating group) is 1. The maximum absolute atomic E-state index is 12.0. The average Bonchev–Trinajstić information content (AvgIpc) is 2.45. The number of ether oxygens (including phenoxy) is 1. The Bertz CT molecular complexity index is 460. The summed E-state index contributed by atoms with van der Waals surface area (Å²) >= 11 is 6.23. The Balaban J connectivity index is 2.74. The van der Waals surface area contributed by atoms with Crippen LogP contribution in [0.5, 0.6) is 5.75 Å². The maximum atomic E-state index is 12.0. The van der Waals surface area contributed by atoms with E-state index in [0.29, 0.717) is 36.4 Å². The van der Waals surface area contributed by atoms with Gasteiger partial charge in [-0.25, -0.2) is 0 Å². The summed E-state index contributed by atoms with van der Waals surface area (Å²) in [6, 6.07) is 5.86. The van der Waals surface area contributed by atoms with Crippen molar-refractivity contribution in [3.05, 3.63) is 28.8 Å². The number of amides is 1. The highest BCUT2D eigenvalue weighted by Gasteiger charge is 2.13. The van der Waals surface area contributed by atoms with E-state index < -0.39 is 0 Å². The second kappa shape index (κ2) is 8.90. The van der Waals surface area contributed by atoms with Gasteiger partial charge in [0.2, 0.25) is 0 Å². The first kappa shape index (κ1) is 17.8. The zero-order valence-corrected chi connectivity index (χ0v) is 14.0. The predicted octanol–water partition coefficient (Wildman–Crippen LogP) is 3.09. The van der Waals surface area contributed by atoms with Crippen molar-refractivity contribution in [1.82, 2.24) is 10.2 Å². The molecule has 0 fully saturated rings. The summed E-state index contributed by atoms with van der Waals surface area (Å²) in [6.45, 7) is 10.1. The predicted molar refractivity (Wildman–Crippen MR) is 86.9 cm³/mol. The van der Waals surface area contributed by atoms with Gasteiger partial charge >= 0.3 is 0 Å². The van der Waals surface area contributed by atoms with Crippen LogP contribution in [0.2, 0.25) is 5.02 Å². The molecule has 0 aliphatic carbocycles. The van der Waals surface area contributed by atoms with E-state index in [4.69, 9.17) is 16.3 Å². The third kappa shape index (κ3) is 5.56. The second-order valence-electron chi connectivity index (χ2n) is 5.11. The second-order valence-corrected chi connectivity index (χ2v) is 5.51. The Morgan fingerprint density at radius 3 is 2.57 bits per heavy atom. The highest BCUT2D eigenvalue weighted by molar-refractivity contribution is 6.31. The molecule has 0 unspecified atom stereocenters. The standard InChI is InChI=1S/C16H25ClN2O2/c1-5-19(6-2)16(20)11-21-15-9-7-8-14(17)13(15)10-18-12(3)4/h7-9,12,18H,5-6,10-11H2,1-4H3. The van der Waals surface area contributed by atoms with Crippen LogP contribution in [-0.2, 0) is 11.3 Å². The summed E-state index contributed by atoms with van der Waals surface area (Å²) in [5.74, 6) is 0.652. The quantitative estimate of drug-likeness (QED) is 0.802. The van der Waals surface area contributed by atoms with Crippen LogP contribution < -0.4 is 10.1 Å². The molecular weight excluding hydrogens is 288 g/mol. The molecule has 0 atom stereocenters. The maximum Gasteiger partial charge on any atom is 0.260 e. The first-order valence-corrected chi connectivity index (χ1v) is 7.78. The fourth-order valence-electron chi connectivity index (χ4n) is 1.96. The van der Waals surface area contributed by atoms with Crippen molar-refractivity contribution in [2.45, 2.75) is 40.3 Å². The lowest BCUT2D eigenvalue weighted by Gasteiger charge is -2.20. The fraction of sp³-hybridized carbons (Fsp3) is 0.562. The molecule has 1 amide bonds. The number of hydrogen-bond donors (Lipinski definition) is 1. The molecule has 0 saturated heterocycles. The summed E-state index contributed by atoms with van der Waals surface area (Å²) in [7, 11) is 0. The van der Waals surface area contributed by atoms with Crippen LogP contribution in [0.4, 0.5) is 0 Å². The highest BCUT2D eigenvalue weighted by atomic mass is 35.5. The zero-order chi connectivity index (χ0) is 15.8. The molecule has 0 heterocycles. The van der Waals surface area contributed by atoms with Crippen LogP contribution in [0.15, 0.2) is 18.2 Å². The molecule has 0 aromatic heterocycles. The van der Waals surface area contributed by atoms with Crippen LogP contribution in [0.3, 0.4) is 0 Å². The Hall–Kier alpha value is -1.26. The molecule has 0 radical (unpaired) electrons. The molecule has 5 heteroatoms. The SMILES string of the molecule is CCN(CC)C(=O)COc1cccc(Cl)c1CNC(C)C. The van der Waals surface area contributed by atoms with Gasteiger partial charge in [0.15, 0.2) is 6.61 Å². The van der Waals surface area contributed by atoms with E-state index in [-0.39, 0.29) is 12.5 Å². The van der Waals surface area contributed by atoms with Gasteiger partial charge in [-0.2, -0.15) is 0 Å². The van der Waals surface area contributed by atoms with Gasteiger partial charge in [-0.15, -0.1) is 0 Å². The smallest absolute Gasteiger partial charge is 0.260 e. The minimum Gasteiger partial charge on any atom is -0.483 e. The number of carbonyl (C=O) groups is 1. The Morgan fingerprint density at radius 2 is 2.00 bits per heavy atom. The Labute approximate surface area is 132 Å². The molecule has 1 aromatic carbocycles. The number of nitrogens with zero attached hydrogens (tertiary/aromatic N) is 1. The molecule has 1 rings (SSSR count). The van der Waals surface area contributed by atoms with Gasteiger partial charge in [0.1, 0.15) is 5.75 Å². The van der Waals surface area contributed by atoms with Gasteiger partial charge in [-0.3, -0.25) is 4.79 Å². The van der Waals surface area contributed by atoms with Gasteiger partial charge in [0, 0.05) is 36.3 Å². The molecule has 118 valence electrons. The molecular formula is C16H25ClN2O2. The summed E-state index contributed by atoms with van der Waals surface area (Å²) < 4.78 is 5.68. The lowest BCUT2D eigenvalue weighted by atomic mass is 10.2. The van der Waals surface area contributed by atoms with Crippen LogP contribution in [0.25, 0.3) is 0 Å². The van der Waals surface area contributed by atoms with Crippen molar-refractivity contribution < 1.29 is 9.53 Å². The topological polar surface area (TPSA) is 41.6 Å². The number of hydrogen-bond acceptors (Lipinski definition) is 3. The third-order valence-corrected chi connectivity index (χ3v) is 3.58. The van der Waals surface area contributed by atoms with E-state index in [1.54, 1.807) is 4.90 Å². The van der Waals surface area contributed by atoms with Gasteiger partial charge in [0.05, 0.1) is 0 Å². The average molecular weight is 313 g/mol. The first-order valence-electron chi connectivity index (χ1n) is 7.40. The molecule has 0 aliphatic heterocycles. The van der Waals surface area contributed by atoms with Crippen LogP contribution in [0, 0.1) is 0 Å². The number of carbonyl (C=O) groups excluding carboxylic acids is 1. The molecule has 4 nitrogen and oxygen atoms in total. The van der Waals surface area contributed by atoms with Gasteiger partial charge in [-0.1, -0.05) is 31.5 Å². The lowest BCUT2D eigenvalue weighted by Crippen LogP contribution is -2.34. The molecule has 0 saturated carbocycles. The van der Waals surface area contributed by atoms with Gasteiger partial charge in [0.25, 0.3) is 5.91 Å². The Kier molecular flexibility index (Phi) is 7.54. The minimum absolute atomic E-state index is 0.0113. The monoisotopic (exact) mass is 312 g/mol. The molecule has 21 heavy (non-hydrogen) atoms. The Morgan fingerprint density at radius 1 is 1.33 bits per heavy atom.